The average Bonchev–Trinajstić information content (AvgIpc) is 2.90. The van der Waals surface area contributed by atoms with E-state index in [2.05, 4.69) is 5.32 Å². The Morgan fingerprint density at radius 2 is 1.62 bits per heavy atom. The summed E-state index contributed by atoms with van der Waals surface area (Å²) in [4.78, 5) is 29.0. The van der Waals surface area contributed by atoms with Crippen LogP contribution in [0.15, 0.2) is 78.9 Å². The SMILES string of the molecule is CC[C@@H](C)NC(=O)[C@@H](Cc1ccccc1)N(Cc1ccc(C)cc1)C(=O)CN(c1cccc(F)c1)S(C)(=O)=O. The van der Waals surface area contributed by atoms with Crippen molar-refractivity contribution < 1.29 is 22.4 Å². The number of sulfonamides is 1. The largest absolute Gasteiger partial charge is 0.352 e. The summed E-state index contributed by atoms with van der Waals surface area (Å²) in [5.74, 6) is -1.53. The third kappa shape index (κ3) is 8.64. The lowest BCUT2D eigenvalue weighted by Gasteiger charge is -2.34. The van der Waals surface area contributed by atoms with Crippen molar-refractivity contribution >= 4 is 27.5 Å². The molecule has 0 saturated heterocycles. The zero-order valence-electron chi connectivity index (χ0n) is 22.8. The number of hydrogen-bond donors (Lipinski definition) is 1. The molecular formula is C30H36FN3O4S. The molecule has 7 nitrogen and oxygen atoms in total. The molecule has 9 heteroatoms. The quantitative estimate of drug-likeness (QED) is 0.359. The number of aryl methyl sites for hydroxylation is 1. The summed E-state index contributed by atoms with van der Waals surface area (Å²) in [7, 11) is -3.95. The topological polar surface area (TPSA) is 86.8 Å². The number of hydrogen-bond acceptors (Lipinski definition) is 4. The van der Waals surface area contributed by atoms with Gasteiger partial charge in [-0.1, -0.05) is 73.2 Å². The normalized spacial score (nSPS) is 12.8. The number of halogens is 1. The Balaban J connectivity index is 2.05. The van der Waals surface area contributed by atoms with Crippen molar-refractivity contribution in [2.45, 2.75) is 52.2 Å². The smallest absolute Gasteiger partial charge is 0.244 e. The van der Waals surface area contributed by atoms with Crippen LogP contribution in [0, 0.1) is 12.7 Å². The molecule has 0 unspecified atom stereocenters. The molecule has 1 N–H and O–H groups in total. The first-order chi connectivity index (χ1) is 18.5. The lowest BCUT2D eigenvalue weighted by molar-refractivity contribution is -0.140. The highest BCUT2D eigenvalue weighted by atomic mass is 32.2. The van der Waals surface area contributed by atoms with E-state index in [0.29, 0.717) is 6.42 Å². The molecule has 2 amide bonds. The van der Waals surface area contributed by atoms with Crippen LogP contribution in [-0.4, -0.2) is 50.0 Å². The number of amides is 2. The van der Waals surface area contributed by atoms with Crippen LogP contribution < -0.4 is 9.62 Å². The molecule has 3 rings (SSSR count). The maximum atomic E-state index is 14.0. The van der Waals surface area contributed by atoms with E-state index in [1.807, 2.05) is 75.4 Å². The van der Waals surface area contributed by atoms with Gasteiger partial charge in [-0.15, -0.1) is 0 Å². The average molecular weight is 554 g/mol. The van der Waals surface area contributed by atoms with Crippen LogP contribution in [0.25, 0.3) is 0 Å². The Morgan fingerprint density at radius 1 is 0.949 bits per heavy atom. The van der Waals surface area contributed by atoms with Crippen molar-refractivity contribution in [1.29, 1.82) is 0 Å². The minimum Gasteiger partial charge on any atom is -0.352 e. The molecule has 0 aliphatic rings. The van der Waals surface area contributed by atoms with Gasteiger partial charge in [-0.2, -0.15) is 0 Å². The van der Waals surface area contributed by atoms with Gasteiger partial charge in [-0.3, -0.25) is 13.9 Å². The molecule has 0 bridgehead atoms. The molecule has 208 valence electrons. The number of carbonyl (C=O) groups excluding carboxylic acids is 2. The van der Waals surface area contributed by atoms with Crippen LogP contribution in [0.2, 0.25) is 0 Å². The number of anilines is 1. The Hall–Kier alpha value is -3.72. The highest BCUT2D eigenvalue weighted by Gasteiger charge is 2.33. The molecule has 0 radical (unpaired) electrons. The second-order valence-electron chi connectivity index (χ2n) is 9.78. The van der Waals surface area contributed by atoms with E-state index in [0.717, 1.165) is 33.3 Å². The van der Waals surface area contributed by atoms with Gasteiger partial charge in [0.1, 0.15) is 18.4 Å². The molecule has 3 aromatic rings. The van der Waals surface area contributed by atoms with E-state index < -0.39 is 34.3 Å². The molecule has 3 aromatic carbocycles. The van der Waals surface area contributed by atoms with Crippen LogP contribution >= 0.6 is 0 Å². The minimum absolute atomic E-state index is 0.0322. The molecule has 0 aliphatic heterocycles. The summed E-state index contributed by atoms with van der Waals surface area (Å²) < 4.78 is 40.3. The first kappa shape index (κ1) is 29.8. The number of carbonyl (C=O) groups is 2. The number of nitrogens with one attached hydrogen (secondary N) is 1. The second kappa shape index (κ2) is 13.4. The third-order valence-corrected chi connectivity index (χ3v) is 7.66. The molecule has 0 aromatic heterocycles. The van der Waals surface area contributed by atoms with Crippen molar-refractivity contribution in [3.63, 3.8) is 0 Å². The van der Waals surface area contributed by atoms with Gasteiger partial charge in [-0.05, 0) is 49.6 Å². The molecular weight excluding hydrogens is 517 g/mol. The van der Waals surface area contributed by atoms with E-state index >= 15 is 0 Å². The maximum absolute atomic E-state index is 14.0. The highest BCUT2D eigenvalue weighted by Crippen LogP contribution is 2.21. The van der Waals surface area contributed by atoms with E-state index in [1.54, 1.807) is 0 Å². The second-order valence-corrected chi connectivity index (χ2v) is 11.7. The number of benzene rings is 3. The standard InChI is InChI=1S/C30H36FN3O4S/c1-5-23(3)32-30(36)28(18-24-10-7-6-8-11-24)33(20-25-16-14-22(2)15-17-25)29(35)21-34(39(4,37)38)27-13-9-12-26(31)19-27/h6-17,19,23,28H,5,18,20-21H2,1-4H3,(H,32,36)/t23-,28-/m1/s1. The third-order valence-electron chi connectivity index (χ3n) is 6.52. The van der Waals surface area contributed by atoms with Crippen molar-refractivity contribution in [2.24, 2.45) is 0 Å². The number of nitrogens with zero attached hydrogens (tertiary/aromatic N) is 2. The van der Waals surface area contributed by atoms with Crippen molar-refractivity contribution in [2.75, 3.05) is 17.1 Å². The lowest BCUT2D eigenvalue weighted by atomic mass is 10.0. The summed E-state index contributed by atoms with van der Waals surface area (Å²) in [6.07, 6.45) is 1.91. The molecule has 0 saturated carbocycles. The minimum atomic E-state index is -3.95. The van der Waals surface area contributed by atoms with Crippen LogP contribution in [0.4, 0.5) is 10.1 Å². The first-order valence-corrected chi connectivity index (χ1v) is 14.7. The van der Waals surface area contributed by atoms with Gasteiger partial charge < -0.3 is 10.2 Å². The van der Waals surface area contributed by atoms with Crippen LogP contribution in [0.1, 0.15) is 37.0 Å². The van der Waals surface area contributed by atoms with Crippen molar-refractivity contribution in [3.05, 3.63) is 101 Å². The fraction of sp³-hybridized carbons (Fsp3) is 0.333. The van der Waals surface area contributed by atoms with Gasteiger partial charge in [0.15, 0.2) is 0 Å². The predicted molar refractivity (Wildman–Crippen MR) is 152 cm³/mol. The zero-order valence-corrected chi connectivity index (χ0v) is 23.6. The molecule has 0 aliphatic carbocycles. The fourth-order valence-electron chi connectivity index (χ4n) is 4.13. The van der Waals surface area contributed by atoms with Crippen LogP contribution in [-0.2, 0) is 32.6 Å². The van der Waals surface area contributed by atoms with Gasteiger partial charge in [0.25, 0.3) is 0 Å². The van der Waals surface area contributed by atoms with Crippen molar-refractivity contribution in [3.8, 4) is 0 Å². The Kier molecular flexibility index (Phi) is 10.2. The fourth-order valence-corrected chi connectivity index (χ4v) is 4.97. The maximum Gasteiger partial charge on any atom is 0.244 e. The van der Waals surface area contributed by atoms with Crippen LogP contribution in [0.5, 0.6) is 0 Å². The first-order valence-electron chi connectivity index (χ1n) is 12.9. The summed E-state index contributed by atoms with van der Waals surface area (Å²) >= 11 is 0. The summed E-state index contributed by atoms with van der Waals surface area (Å²) in [5.41, 5.74) is 2.72. The van der Waals surface area contributed by atoms with Crippen LogP contribution in [0.3, 0.4) is 0 Å². The molecule has 0 heterocycles. The van der Waals surface area contributed by atoms with E-state index in [-0.39, 0.29) is 30.6 Å². The predicted octanol–water partition coefficient (Wildman–Crippen LogP) is 4.45. The van der Waals surface area contributed by atoms with Gasteiger partial charge in [-0.25, -0.2) is 12.8 Å². The Labute approximate surface area is 230 Å². The Morgan fingerprint density at radius 3 is 2.21 bits per heavy atom. The summed E-state index contributed by atoms with van der Waals surface area (Å²) in [6.45, 7) is 5.29. The van der Waals surface area contributed by atoms with E-state index in [9.17, 15) is 22.4 Å². The molecule has 2 atom stereocenters. The molecule has 0 spiro atoms. The van der Waals surface area contributed by atoms with Gasteiger partial charge >= 0.3 is 0 Å². The summed E-state index contributed by atoms with van der Waals surface area (Å²) in [5, 5.41) is 2.99. The van der Waals surface area contributed by atoms with E-state index in [4.69, 9.17) is 0 Å². The lowest BCUT2D eigenvalue weighted by Crippen LogP contribution is -2.54. The molecule has 39 heavy (non-hydrogen) atoms. The Bertz CT molecular complexity index is 1360. The highest BCUT2D eigenvalue weighted by molar-refractivity contribution is 7.92. The van der Waals surface area contributed by atoms with E-state index in [1.165, 1.54) is 23.1 Å². The van der Waals surface area contributed by atoms with Gasteiger partial charge in [0, 0.05) is 19.0 Å². The van der Waals surface area contributed by atoms with Crippen molar-refractivity contribution in [1.82, 2.24) is 10.2 Å². The zero-order chi connectivity index (χ0) is 28.6. The monoisotopic (exact) mass is 553 g/mol. The molecule has 0 fully saturated rings. The number of rotatable bonds is 12. The van der Waals surface area contributed by atoms with Gasteiger partial charge in [0.2, 0.25) is 21.8 Å². The van der Waals surface area contributed by atoms with Gasteiger partial charge in [0.05, 0.1) is 11.9 Å². The summed E-state index contributed by atoms with van der Waals surface area (Å²) in [6, 6.07) is 21.0.